The van der Waals surface area contributed by atoms with Crippen molar-refractivity contribution in [3.63, 3.8) is 0 Å². The number of amides is 1. The SMILES string of the molecule is CC1(C)CN(C(=O)C2CCCc3sccc32)CCC1N. The van der Waals surface area contributed by atoms with Gasteiger partial charge in [-0.1, -0.05) is 13.8 Å². The highest BCUT2D eigenvalue weighted by molar-refractivity contribution is 7.10. The van der Waals surface area contributed by atoms with Gasteiger partial charge in [0.2, 0.25) is 5.91 Å². The van der Waals surface area contributed by atoms with E-state index in [1.807, 2.05) is 0 Å². The Kier molecular flexibility index (Phi) is 3.63. The maximum atomic E-state index is 12.9. The van der Waals surface area contributed by atoms with Gasteiger partial charge >= 0.3 is 0 Å². The van der Waals surface area contributed by atoms with E-state index >= 15 is 0 Å². The summed E-state index contributed by atoms with van der Waals surface area (Å²) >= 11 is 1.80. The average molecular weight is 292 g/mol. The molecule has 2 unspecified atom stereocenters. The highest BCUT2D eigenvalue weighted by Crippen LogP contribution is 2.37. The fraction of sp³-hybridized carbons (Fsp3) is 0.688. The molecule has 0 spiro atoms. The van der Waals surface area contributed by atoms with Crippen LogP contribution in [0.4, 0.5) is 0 Å². The third kappa shape index (κ3) is 2.40. The minimum Gasteiger partial charge on any atom is -0.342 e. The number of hydrogen-bond acceptors (Lipinski definition) is 3. The van der Waals surface area contributed by atoms with E-state index in [9.17, 15) is 4.79 Å². The number of piperidine rings is 1. The van der Waals surface area contributed by atoms with Crippen molar-refractivity contribution in [2.75, 3.05) is 13.1 Å². The second-order valence-corrected chi connectivity index (χ2v) is 7.89. The summed E-state index contributed by atoms with van der Waals surface area (Å²) in [6, 6.07) is 2.36. The molecule has 2 heterocycles. The van der Waals surface area contributed by atoms with Gasteiger partial charge in [0, 0.05) is 24.0 Å². The topological polar surface area (TPSA) is 46.3 Å². The molecule has 1 aromatic rings. The Morgan fingerprint density at radius 3 is 3.00 bits per heavy atom. The molecule has 3 rings (SSSR count). The number of carbonyl (C=O) groups is 1. The first-order chi connectivity index (χ1) is 9.49. The lowest BCUT2D eigenvalue weighted by molar-refractivity contribution is -0.136. The Morgan fingerprint density at radius 2 is 2.25 bits per heavy atom. The smallest absolute Gasteiger partial charge is 0.230 e. The first-order valence-electron chi connectivity index (χ1n) is 7.59. The molecule has 2 atom stereocenters. The fourth-order valence-corrected chi connectivity index (χ4v) is 4.51. The monoisotopic (exact) mass is 292 g/mol. The number of nitrogens with zero attached hydrogens (tertiary/aromatic N) is 1. The molecule has 1 aromatic heterocycles. The molecule has 3 nitrogen and oxygen atoms in total. The molecule has 0 saturated carbocycles. The molecule has 2 N–H and O–H groups in total. The van der Waals surface area contributed by atoms with Crippen LogP contribution in [0.25, 0.3) is 0 Å². The van der Waals surface area contributed by atoms with Crippen molar-refractivity contribution in [1.29, 1.82) is 0 Å². The molecule has 0 aromatic carbocycles. The number of thiophene rings is 1. The summed E-state index contributed by atoms with van der Waals surface area (Å²) in [6.45, 7) is 5.96. The third-order valence-corrected chi connectivity index (χ3v) is 5.97. The summed E-state index contributed by atoms with van der Waals surface area (Å²) in [5, 5.41) is 2.13. The molecule has 110 valence electrons. The van der Waals surface area contributed by atoms with Gasteiger partial charge in [0.15, 0.2) is 0 Å². The Hall–Kier alpha value is -0.870. The van der Waals surface area contributed by atoms with Gasteiger partial charge in [-0.3, -0.25) is 4.79 Å². The molecule has 1 saturated heterocycles. The summed E-state index contributed by atoms with van der Waals surface area (Å²) in [4.78, 5) is 16.4. The van der Waals surface area contributed by atoms with Crippen molar-refractivity contribution in [2.45, 2.75) is 51.5 Å². The van der Waals surface area contributed by atoms with E-state index in [2.05, 4.69) is 30.2 Å². The van der Waals surface area contributed by atoms with E-state index < -0.39 is 0 Å². The molecule has 1 aliphatic heterocycles. The number of fused-ring (bicyclic) bond motifs is 1. The molecule has 4 heteroatoms. The van der Waals surface area contributed by atoms with Crippen LogP contribution in [0.2, 0.25) is 0 Å². The zero-order valence-electron chi connectivity index (χ0n) is 12.4. The van der Waals surface area contributed by atoms with E-state index in [-0.39, 0.29) is 17.4 Å². The lowest BCUT2D eigenvalue weighted by Crippen LogP contribution is -2.54. The van der Waals surface area contributed by atoms with Crippen LogP contribution in [0.15, 0.2) is 11.4 Å². The third-order valence-electron chi connectivity index (χ3n) is 4.97. The highest BCUT2D eigenvalue weighted by Gasteiger charge is 2.38. The van der Waals surface area contributed by atoms with E-state index in [4.69, 9.17) is 5.73 Å². The lowest BCUT2D eigenvalue weighted by Gasteiger charge is -2.44. The van der Waals surface area contributed by atoms with E-state index in [1.54, 1.807) is 11.3 Å². The van der Waals surface area contributed by atoms with Crippen molar-refractivity contribution < 1.29 is 4.79 Å². The van der Waals surface area contributed by atoms with E-state index in [1.165, 1.54) is 10.4 Å². The maximum absolute atomic E-state index is 12.9. The minimum atomic E-state index is 0.0278. The Balaban J connectivity index is 1.78. The van der Waals surface area contributed by atoms with Gasteiger partial charge in [-0.25, -0.2) is 0 Å². The van der Waals surface area contributed by atoms with Crippen molar-refractivity contribution >= 4 is 17.2 Å². The summed E-state index contributed by atoms with van der Waals surface area (Å²) in [6.07, 6.45) is 4.21. The van der Waals surface area contributed by atoms with Crippen molar-refractivity contribution in [1.82, 2.24) is 4.90 Å². The first kappa shape index (κ1) is 14.1. The molecule has 20 heavy (non-hydrogen) atoms. The van der Waals surface area contributed by atoms with Crippen LogP contribution in [0.3, 0.4) is 0 Å². The molecular formula is C16H24N2OS. The van der Waals surface area contributed by atoms with Crippen LogP contribution in [-0.4, -0.2) is 29.9 Å². The largest absolute Gasteiger partial charge is 0.342 e. The van der Waals surface area contributed by atoms with Gasteiger partial charge in [0.05, 0.1) is 5.92 Å². The van der Waals surface area contributed by atoms with Crippen molar-refractivity contribution in [3.8, 4) is 0 Å². The number of hydrogen-bond donors (Lipinski definition) is 1. The Morgan fingerprint density at radius 1 is 1.45 bits per heavy atom. The molecule has 1 aliphatic carbocycles. The normalized spacial score (nSPS) is 29.1. The van der Waals surface area contributed by atoms with Crippen LogP contribution >= 0.6 is 11.3 Å². The first-order valence-corrected chi connectivity index (χ1v) is 8.47. The predicted molar refractivity (Wildman–Crippen MR) is 83.0 cm³/mol. The van der Waals surface area contributed by atoms with Crippen LogP contribution in [-0.2, 0) is 11.2 Å². The average Bonchev–Trinajstić information content (AvgIpc) is 2.89. The van der Waals surface area contributed by atoms with Gasteiger partial charge in [-0.05, 0) is 48.1 Å². The van der Waals surface area contributed by atoms with Crippen LogP contribution < -0.4 is 5.73 Å². The number of likely N-dealkylation sites (tertiary alicyclic amines) is 1. The fourth-order valence-electron chi connectivity index (χ4n) is 3.53. The van der Waals surface area contributed by atoms with Crippen molar-refractivity contribution in [2.24, 2.45) is 11.1 Å². The second kappa shape index (κ2) is 5.15. The lowest BCUT2D eigenvalue weighted by atomic mass is 9.78. The predicted octanol–water partition coefficient (Wildman–Crippen LogP) is 2.75. The number of nitrogens with two attached hydrogens (primary N) is 1. The van der Waals surface area contributed by atoms with Crippen LogP contribution in [0.5, 0.6) is 0 Å². The van der Waals surface area contributed by atoms with Crippen molar-refractivity contribution in [3.05, 3.63) is 21.9 Å². The zero-order valence-corrected chi connectivity index (χ0v) is 13.2. The maximum Gasteiger partial charge on any atom is 0.230 e. The van der Waals surface area contributed by atoms with Gasteiger partial charge in [0.1, 0.15) is 0 Å². The van der Waals surface area contributed by atoms with Crippen LogP contribution in [0.1, 0.15) is 49.5 Å². The molecule has 1 amide bonds. The molecule has 0 bridgehead atoms. The Labute approximate surface area is 125 Å². The number of rotatable bonds is 1. The molecule has 0 radical (unpaired) electrons. The summed E-state index contributed by atoms with van der Waals surface area (Å²) < 4.78 is 0. The van der Waals surface area contributed by atoms with Gasteiger partial charge in [0.25, 0.3) is 0 Å². The summed E-state index contributed by atoms with van der Waals surface area (Å²) in [5.41, 5.74) is 7.50. The Bertz CT molecular complexity index is 508. The minimum absolute atomic E-state index is 0.0278. The molecular weight excluding hydrogens is 268 g/mol. The zero-order chi connectivity index (χ0) is 14.3. The van der Waals surface area contributed by atoms with Crippen LogP contribution in [0, 0.1) is 5.41 Å². The van der Waals surface area contributed by atoms with Gasteiger partial charge < -0.3 is 10.6 Å². The summed E-state index contributed by atoms with van der Waals surface area (Å²) in [7, 11) is 0. The second-order valence-electron chi connectivity index (χ2n) is 6.89. The van der Waals surface area contributed by atoms with Gasteiger partial charge in [-0.15, -0.1) is 11.3 Å². The summed E-state index contributed by atoms with van der Waals surface area (Å²) in [5.74, 6) is 0.416. The van der Waals surface area contributed by atoms with E-state index in [0.717, 1.165) is 38.8 Å². The quantitative estimate of drug-likeness (QED) is 0.865. The van der Waals surface area contributed by atoms with Gasteiger partial charge in [-0.2, -0.15) is 0 Å². The standard InChI is InChI=1S/C16H24N2OS/c1-16(2)10-18(8-6-14(16)17)15(19)12-4-3-5-13-11(12)7-9-20-13/h7,9,12,14H,3-6,8,10,17H2,1-2H3. The number of aryl methyl sites for hydroxylation is 1. The molecule has 1 fully saturated rings. The molecule has 2 aliphatic rings. The van der Waals surface area contributed by atoms with E-state index in [0.29, 0.717) is 5.91 Å². The number of carbonyl (C=O) groups excluding carboxylic acids is 1. The highest BCUT2D eigenvalue weighted by atomic mass is 32.1.